The van der Waals surface area contributed by atoms with E-state index in [1.807, 2.05) is 30.9 Å². The van der Waals surface area contributed by atoms with Crippen molar-refractivity contribution in [2.75, 3.05) is 32.8 Å². The van der Waals surface area contributed by atoms with E-state index in [1.165, 1.54) is 10.4 Å². The molecule has 4 rings (SSSR count). The fourth-order valence-corrected chi connectivity index (χ4v) is 5.81. The molecule has 2 aliphatic rings. The zero-order valence-electron chi connectivity index (χ0n) is 21.4. The van der Waals surface area contributed by atoms with Crippen molar-refractivity contribution >= 4 is 23.2 Å². The first kappa shape index (κ1) is 25.7. The van der Waals surface area contributed by atoms with Crippen LogP contribution in [0.25, 0.3) is 0 Å². The van der Waals surface area contributed by atoms with Crippen LogP contribution >= 0.6 is 11.3 Å². The van der Waals surface area contributed by atoms with Crippen LogP contribution in [-0.2, 0) is 20.7 Å². The van der Waals surface area contributed by atoms with Gasteiger partial charge in [-0.25, -0.2) is 0 Å². The molecule has 0 spiro atoms. The summed E-state index contributed by atoms with van der Waals surface area (Å²) in [5.74, 6) is 1.08. The highest BCUT2D eigenvalue weighted by molar-refractivity contribution is 7.10. The minimum atomic E-state index is -0.166. The van der Waals surface area contributed by atoms with E-state index in [0.717, 1.165) is 37.2 Å². The van der Waals surface area contributed by atoms with Gasteiger partial charge in [-0.3, -0.25) is 9.59 Å². The van der Waals surface area contributed by atoms with Gasteiger partial charge in [0.15, 0.2) is 0 Å². The van der Waals surface area contributed by atoms with E-state index in [9.17, 15) is 9.59 Å². The maximum atomic E-state index is 13.6. The van der Waals surface area contributed by atoms with E-state index in [-0.39, 0.29) is 36.4 Å². The molecule has 2 aromatic rings. The van der Waals surface area contributed by atoms with Crippen LogP contribution in [0, 0.1) is 5.92 Å². The monoisotopic (exact) mass is 498 g/mol. The Morgan fingerprint density at radius 1 is 1.17 bits per heavy atom. The first-order valence-electron chi connectivity index (χ1n) is 12.8. The molecule has 1 aromatic heterocycles. The van der Waals surface area contributed by atoms with Gasteiger partial charge in [-0.1, -0.05) is 39.8 Å². The molecule has 0 saturated carbocycles. The summed E-state index contributed by atoms with van der Waals surface area (Å²) in [5.41, 5.74) is 2.43. The summed E-state index contributed by atoms with van der Waals surface area (Å²) in [4.78, 5) is 31.5. The number of rotatable bonds is 9. The fourth-order valence-electron chi connectivity index (χ4n) is 4.88. The van der Waals surface area contributed by atoms with Crippen LogP contribution in [0.4, 0.5) is 0 Å². The van der Waals surface area contributed by atoms with Crippen molar-refractivity contribution in [1.29, 1.82) is 0 Å². The zero-order chi connectivity index (χ0) is 24.9. The number of benzene rings is 1. The normalized spacial score (nSPS) is 19.8. The summed E-state index contributed by atoms with van der Waals surface area (Å²) in [7, 11) is 0. The van der Waals surface area contributed by atoms with Crippen LogP contribution in [0.5, 0.6) is 5.75 Å². The van der Waals surface area contributed by atoms with Gasteiger partial charge in [0, 0.05) is 30.5 Å². The largest absolute Gasteiger partial charge is 0.491 e. The zero-order valence-corrected chi connectivity index (χ0v) is 22.2. The van der Waals surface area contributed by atoms with Gasteiger partial charge in [0.2, 0.25) is 11.8 Å². The summed E-state index contributed by atoms with van der Waals surface area (Å²) >= 11 is 1.74. The standard InChI is InChI=1S/C28H38N2O4S/c1-19(2)21-7-9-22(10-8-21)34-18-25-24-12-15-35-26(24)11-13-30(25)27(31)17-29(28(32)20(3)4)16-23-6-5-14-33-23/h7-10,12,15,19-20,23,25H,5-6,11,13-14,16-18H2,1-4H3/t23-,25+/m1/s1. The summed E-state index contributed by atoms with van der Waals surface area (Å²) in [6.45, 7) is 10.4. The minimum absolute atomic E-state index is 0.000115. The summed E-state index contributed by atoms with van der Waals surface area (Å²) < 4.78 is 12.0. The molecule has 2 atom stereocenters. The predicted octanol–water partition coefficient (Wildman–Crippen LogP) is 5.04. The first-order chi connectivity index (χ1) is 16.8. The van der Waals surface area contributed by atoms with Crippen molar-refractivity contribution in [2.24, 2.45) is 5.92 Å². The van der Waals surface area contributed by atoms with Gasteiger partial charge in [-0.2, -0.15) is 0 Å². The molecule has 35 heavy (non-hydrogen) atoms. The van der Waals surface area contributed by atoms with Gasteiger partial charge in [0.25, 0.3) is 0 Å². The number of fused-ring (bicyclic) bond motifs is 1. The molecule has 0 unspecified atom stereocenters. The van der Waals surface area contributed by atoms with Crippen LogP contribution in [0.3, 0.4) is 0 Å². The molecule has 7 heteroatoms. The molecule has 1 aromatic carbocycles. The van der Waals surface area contributed by atoms with Crippen molar-refractivity contribution in [3.63, 3.8) is 0 Å². The Labute approximate surface area is 213 Å². The number of amides is 2. The van der Waals surface area contributed by atoms with Crippen molar-refractivity contribution in [1.82, 2.24) is 9.80 Å². The lowest BCUT2D eigenvalue weighted by Crippen LogP contribution is -2.50. The molecular weight excluding hydrogens is 460 g/mol. The van der Waals surface area contributed by atoms with Crippen LogP contribution in [0.15, 0.2) is 35.7 Å². The molecular formula is C28H38N2O4S. The molecule has 3 heterocycles. The molecule has 0 aliphatic carbocycles. The third-order valence-corrected chi connectivity index (χ3v) is 7.95. The lowest BCUT2D eigenvalue weighted by Gasteiger charge is -2.37. The molecule has 0 bridgehead atoms. The summed E-state index contributed by atoms with van der Waals surface area (Å²) in [6.07, 6.45) is 2.79. The third kappa shape index (κ3) is 6.25. The number of hydrogen-bond acceptors (Lipinski definition) is 5. The Morgan fingerprint density at radius 3 is 2.60 bits per heavy atom. The van der Waals surface area contributed by atoms with Crippen LogP contribution in [0.2, 0.25) is 0 Å². The second-order valence-electron chi connectivity index (χ2n) is 10.2. The first-order valence-corrected chi connectivity index (χ1v) is 13.7. The van der Waals surface area contributed by atoms with Crippen molar-refractivity contribution in [2.45, 2.75) is 65.0 Å². The SMILES string of the molecule is CC(C)C(=O)N(CC(=O)N1CCc2sccc2[C@@H]1COc1ccc(C(C)C)cc1)C[C@H]1CCCO1. The summed E-state index contributed by atoms with van der Waals surface area (Å²) in [5, 5.41) is 2.09. The maximum Gasteiger partial charge on any atom is 0.242 e. The van der Waals surface area contributed by atoms with Crippen molar-refractivity contribution in [3.05, 3.63) is 51.7 Å². The average molecular weight is 499 g/mol. The van der Waals surface area contributed by atoms with Gasteiger partial charge < -0.3 is 19.3 Å². The Hall–Kier alpha value is -2.38. The second kappa shape index (κ2) is 11.6. The molecule has 1 fully saturated rings. The fraction of sp³-hybridized carbons (Fsp3) is 0.571. The van der Waals surface area contributed by atoms with Gasteiger partial charge in [-0.15, -0.1) is 11.3 Å². The van der Waals surface area contributed by atoms with Crippen LogP contribution in [-0.4, -0.2) is 60.6 Å². The highest BCUT2D eigenvalue weighted by atomic mass is 32.1. The van der Waals surface area contributed by atoms with E-state index in [1.54, 1.807) is 16.2 Å². The Kier molecular flexibility index (Phi) is 8.50. The molecule has 6 nitrogen and oxygen atoms in total. The highest BCUT2D eigenvalue weighted by Gasteiger charge is 2.34. The smallest absolute Gasteiger partial charge is 0.242 e. The summed E-state index contributed by atoms with van der Waals surface area (Å²) in [6, 6.07) is 10.1. The quantitative estimate of drug-likeness (QED) is 0.486. The van der Waals surface area contributed by atoms with E-state index >= 15 is 0 Å². The second-order valence-corrected chi connectivity index (χ2v) is 11.2. The highest BCUT2D eigenvalue weighted by Crippen LogP contribution is 2.34. The Balaban J connectivity index is 1.48. The van der Waals surface area contributed by atoms with Gasteiger partial charge in [0.1, 0.15) is 12.4 Å². The molecule has 2 aliphatic heterocycles. The number of hydrogen-bond donors (Lipinski definition) is 0. The van der Waals surface area contributed by atoms with Crippen LogP contribution in [0.1, 0.15) is 68.5 Å². The minimum Gasteiger partial charge on any atom is -0.491 e. The number of ether oxygens (including phenoxy) is 2. The number of nitrogens with zero attached hydrogens (tertiary/aromatic N) is 2. The topological polar surface area (TPSA) is 59.1 Å². The molecule has 0 N–H and O–H groups in total. The number of carbonyl (C=O) groups excluding carboxylic acids is 2. The number of thiophene rings is 1. The van der Waals surface area contributed by atoms with Crippen molar-refractivity contribution < 1.29 is 19.1 Å². The molecule has 2 amide bonds. The average Bonchev–Trinajstić information content (AvgIpc) is 3.53. The Bertz CT molecular complexity index is 995. The lowest BCUT2D eigenvalue weighted by atomic mass is 10.00. The van der Waals surface area contributed by atoms with Gasteiger partial charge >= 0.3 is 0 Å². The van der Waals surface area contributed by atoms with Gasteiger partial charge in [-0.05, 0) is 59.9 Å². The van der Waals surface area contributed by atoms with E-state index in [2.05, 4.69) is 37.4 Å². The Morgan fingerprint density at radius 2 is 1.94 bits per heavy atom. The number of carbonyl (C=O) groups is 2. The molecule has 190 valence electrons. The van der Waals surface area contributed by atoms with Crippen molar-refractivity contribution in [3.8, 4) is 5.75 Å². The predicted molar refractivity (Wildman–Crippen MR) is 139 cm³/mol. The third-order valence-electron chi connectivity index (χ3n) is 6.95. The lowest BCUT2D eigenvalue weighted by molar-refractivity contribution is -0.145. The molecule has 1 saturated heterocycles. The van der Waals surface area contributed by atoms with Crippen LogP contribution < -0.4 is 4.74 Å². The maximum absolute atomic E-state index is 13.6. The van der Waals surface area contributed by atoms with E-state index < -0.39 is 0 Å². The van der Waals surface area contributed by atoms with E-state index in [0.29, 0.717) is 25.6 Å². The van der Waals surface area contributed by atoms with Gasteiger partial charge in [0.05, 0.1) is 18.7 Å². The molecule has 0 radical (unpaired) electrons. The van der Waals surface area contributed by atoms with E-state index in [4.69, 9.17) is 9.47 Å².